The third-order valence-electron chi connectivity index (χ3n) is 10.7. The zero-order chi connectivity index (χ0) is 30.6. The summed E-state index contributed by atoms with van der Waals surface area (Å²) in [6.07, 6.45) is 6.79. The lowest BCUT2D eigenvalue weighted by molar-refractivity contribution is 0.666. The van der Waals surface area contributed by atoms with E-state index in [1.165, 1.54) is 88.0 Å². The molecule has 0 N–H and O–H groups in total. The molecule has 0 fully saturated rings. The molecule has 0 aliphatic heterocycles. The number of fused-ring (bicyclic) bond motifs is 10. The topological polar surface area (TPSA) is 13.1 Å². The Labute approximate surface area is 268 Å². The molecule has 46 heavy (non-hydrogen) atoms. The highest BCUT2D eigenvalue weighted by Gasteiger charge is 2.37. The van der Waals surface area contributed by atoms with Gasteiger partial charge in [-0.15, -0.1) is 0 Å². The monoisotopic (exact) mass is 588 g/mol. The van der Waals surface area contributed by atoms with Crippen LogP contribution < -0.4 is 0 Å². The van der Waals surface area contributed by atoms with Crippen LogP contribution in [0.25, 0.3) is 82.9 Å². The van der Waals surface area contributed by atoms with Crippen molar-refractivity contribution in [1.29, 1.82) is 0 Å². The van der Waals surface area contributed by atoms with Gasteiger partial charge >= 0.3 is 0 Å². The van der Waals surface area contributed by atoms with E-state index in [-0.39, 0.29) is 5.41 Å². The fourth-order valence-electron chi connectivity index (χ4n) is 8.66. The van der Waals surface area contributed by atoms with Crippen LogP contribution in [0.1, 0.15) is 42.5 Å². The second-order valence-electron chi connectivity index (χ2n) is 13.5. The quantitative estimate of drug-likeness (QED) is 0.196. The Balaban J connectivity index is 1.22. The minimum absolute atomic E-state index is 0.0980. The van der Waals surface area contributed by atoms with Crippen LogP contribution in [0.15, 0.2) is 132 Å². The minimum Gasteiger partial charge on any atom is -0.456 e. The summed E-state index contributed by atoms with van der Waals surface area (Å²) in [5, 5.41) is 7.61. The van der Waals surface area contributed by atoms with Gasteiger partial charge in [0.1, 0.15) is 11.2 Å². The molecule has 7 aromatic carbocycles. The number of hydrogen-bond acceptors (Lipinski definition) is 1. The van der Waals surface area contributed by atoms with E-state index in [9.17, 15) is 0 Å². The maximum Gasteiger partial charge on any atom is 0.136 e. The van der Waals surface area contributed by atoms with Gasteiger partial charge in [-0.3, -0.25) is 0 Å². The summed E-state index contributed by atoms with van der Waals surface area (Å²) in [6, 6.07) is 44.8. The van der Waals surface area contributed by atoms with Gasteiger partial charge in [-0.1, -0.05) is 123 Å². The highest BCUT2D eigenvalue weighted by Crippen LogP contribution is 2.53. The SMILES string of the molecule is CC1(C)c2cc(-c3c4c(c(-c5ccc6c(c5)oc5ccccc56)c5ccccc35)C=CCC4)ccc2-c2ccc3ccccc3c21. The summed E-state index contributed by atoms with van der Waals surface area (Å²) in [5.41, 5.74) is 15.4. The number of para-hydroxylation sites is 1. The lowest BCUT2D eigenvalue weighted by atomic mass is 9.77. The van der Waals surface area contributed by atoms with Crippen LogP contribution in [-0.2, 0) is 11.8 Å². The highest BCUT2D eigenvalue weighted by atomic mass is 16.3. The third-order valence-corrected chi connectivity index (χ3v) is 10.7. The number of allylic oxidation sites excluding steroid dienone is 1. The molecule has 0 unspecified atom stereocenters. The van der Waals surface area contributed by atoms with E-state index in [0.717, 1.165) is 24.0 Å². The molecule has 0 spiro atoms. The largest absolute Gasteiger partial charge is 0.456 e. The minimum atomic E-state index is -0.0980. The van der Waals surface area contributed by atoms with Gasteiger partial charge < -0.3 is 4.42 Å². The zero-order valence-electron chi connectivity index (χ0n) is 26.0. The molecule has 0 bridgehead atoms. The predicted octanol–water partition coefficient (Wildman–Crippen LogP) is 12.5. The van der Waals surface area contributed by atoms with Crippen LogP contribution in [0.3, 0.4) is 0 Å². The molecule has 1 aromatic heterocycles. The van der Waals surface area contributed by atoms with E-state index in [4.69, 9.17) is 4.42 Å². The molecule has 1 heterocycles. The molecule has 0 saturated heterocycles. The number of benzene rings is 7. The maximum absolute atomic E-state index is 6.36. The van der Waals surface area contributed by atoms with E-state index in [1.54, 1.807) is 0 Å². The summed E-state index contributed by atoms with van der Waals surface area (Å²) in [6.45, 7) is 4.81. The first kappa shape index (κ1) is 25.9. The van der Waals surface area contributed by atoms with Crippen molar-refractivity contribution in [2.45, 2.75) is 32.1 Å². The van der Waals surface area contributed by atoms with Crippen molar-refractivity contribution in [2.24, 2.45) is 0 Å². The maximum atomic E-state index is 6.36. The van der Waals surface area contributed by atoms with Crippen molar-refractivity contribution in [3.63, 3.8) is 0 Å². The summed E-state index contributed by atoms with van der Waals surface area (Å²) in [4.78, 5) is 0. The number of rotatable bonds is 2. The van der Waals surface area contributed by atoms with Gasteiger partial charge in [0.2, 0.25) is 0 Å². The molecule has 1 heteroatoms. The Kier molecular flexibility index (Phi) is 5.24. The smallest absolute Gasteiger partial charge is 0.136 e. The molecule has 0 radical (unpaired) electrons. The molecule has 0 amide bonds. The average molecular weight is 589 g/mol. The van der Waals surface area contributed by atoms with Gasteiger partial charge in [0.05, 0.1) is 0 Å². The third kappa shape index (κ3) is 3.46. The number of hydrogen-bond donors (Lipinski definition) is 0. The first-order valence-corrected chi connectivity index (χ1v) is 16.4. The Morgan fingerprint density at radius 3 is 2.11 bits per heavy atom. The van der Waals surface area contributed by atoms with Gasteiger partial charge in [-0.2, -0.15) is 0 Å². The van der Waals surface area contributed by atoms with Gasteiger partial charge in [0.25, 0.3) is 0 Å². The van der Waals surface area contributed by atoms with Gasteiger partial charge in [-0.05, 0) is 114 Å². The molecule has 10 rings (SSSR count). The van der Waals surface area contributed by atoms with Crippen LogP contribution in [0.2, 0.25) is 0 Å². The second-order valence-corrected chi connectivity index (χ2v) is 13.5. The molecule has 0 saturated carbocycles. The van der Waals surface area contributed by atoms with Crippen LogP contribution in [0, 0.1) is 0 Å². The second kappa shape index (κ2) is 9.31. The van der Waals surface area contributed by atoms with Crippen molar-refractivity contribution in [1.82, 2.24) is 0 Å². The van der Waals surface area contributed by atoms with Crippen molar-refractivity contribution >= 4 is 49.6 Å². The lowest BCUT2D eigenvalue weighted by Crippen LogP contribution is -2.15. The molecule has 8 aromatic rings. The van der Waals surface area contributed by atoms with Crippen LogP contribution in [-0.4, -0.2) is 0 Å². The molecule has 218 valence electrons. The first-order chi connectivity index (χ1) is 22.6. The Morgan fingerprint density at radius 1 is 0.565 bits per heavy atom. The Bertz CT molecular complexity index is 2610. The molecule has 2 aliphatic rings. The van der Waals surface area contributed by atoms with Gasteiger partial charge in [0, 0.05) is 16.2 Å². The summed E-state index contributed by atoms with van der Waals surface area (Å²) in [5.74, 6) is 0. The summed E-state index contributed by atoms with van der Waals surface area (Å²) in [7, 11) is 0. The summed E-state index contributed by atoms with van der Waals surface area (Å²) < 4.78 is 6.36. The van der Waals surface area contributed by atoms with E-state index >= 15 is 0 Å². The van der Waals surface area contributed by atoms with E-state index in [0.29, 0.717) is 0 Å². The molecule has 1 nitrogen and oxygen atoms in total. The van der Waals surface area contributed by atoms with Crippen LogP contribution in [0.5, 0.6) is 0 Å². The van der Waals surface area contributed by atoms with Gasteiger partial charge in [-0.25, -0.2) is 0 Å². The molecule has 0 atom stereocenters. The van der Waals surface area contributed by atoms with Crippen LogP contribution in [0.4, 0.5) is 0 Å². The summed E-state index contributed by atoms with van der Waals surface area (Å²) >= 11 is 0. The molecule has 2 aliphatic carbocycles. The Morgan fingerprint density at radius 2 is 1.24 bits per heavy atom. The lowest BCUT2D eigenvalue weighted by Gasteiger charge is -2.26. The van der Waals surface area contributed by atoms with Gasteiger partial charge in [0.15, 0.2) is 0 Å². The van der Waals surface area contributed by atoms with Crippen molar-refractivity contribution in [3.8, 4) is 33.4 Å². The molecular formula is C45H32O. The normalized spacial score (nSPS) is 14.7. The molecular weight excluding hydrogens is 556 g/mol. The fourth-order valence-corrected chi connectivity index (χ4v) is 8.66. The Hall–Kier alpha value is -5.40. The first-order valence-electron chi connectivity index (χ1n) is 16.4. The van der Waals surface area contributed by atoms with Crippen molar-refractivity contribution in [2.75, 3.05) is 0 Å². The predicted molar refractivity (Wildman–Crippen MR) is 195 cm³/mol. The highest BCUT2D eigenvalue weighted by molar-refractivity contribution is 6.12. The zero-order valence-corrected chi connectivity index (χ0v) is 26.0. The van der Waals surface area contributed by atoms with Crippen molar-refractivity contribution < 1.29 is 4.42 Å². The number of furan rings is 1. The van der Waals surface area contributed by atoms with Crippen LogP contribution >= 0.6 is 0 Å². The van der Waals surface area contributed by atoms with E-state index in [1.807, 2.05) is 6.07 Å². The standard InChI is InChI=1S/C45H32O/c1-45(2)39-25-28(20-22-31(39)38-24-19-27-11-3-4-12-30(27)44(38)45)42-34-14-5-7-16-36(34)43(37-17-8-6-15-35(37)42)29-21-23-33-32-13-9-10-18-40(32)46-41(33)26-29/h3-5,7-14,16-26H,6,15H2,1-2H3. The average Bonchev–Trinajstić information content (AvgIpc) is 3.58. The fraction of sp³-hybridized carbons (Fsp3) is 0.111. The van der Waals surface area contributed by atoms with E-state index in [2.05, 4.69) is 141 Å². The van der Waals surface area contributed by atoms with E-state index < -0.39 is 0 Å². The van der Waals surface area contributed by atoms with Crippen molar-refractivity contribution in [3.05, 3.63) is 150 Å².